The SMILES string of the molecule is CC(C)(C)[S@+]([O-])/N=C(\c1ccc(F)cc1)[C@@H](F)Br. The number of benzene rings is 1. The van der Waals surface area contributed by atoms with Crippen LogP contribution in [-0.4, -0.2) is 20.1 Å². The Kier molecular flexibility index (Phi) is 5.31. The van der Waals surface area contributed by atoms with E-state index >= 15 is 0 Å². The van der Waals surface area contributed by atoms with Gasteiger partial charge in [-0.25, -0.2) is 8.78 Å². The molecule has 100 valence electrons. The first kappa shape index (κ1) is 15.6. The molecule has 0 aliphatic heterocycles. The molecular formula is C12H14BrF2NOS. The van der Waals surface area contributed by atoms with Crippen LogP contribution in [0.4, 0.5) is 8.78 Å². The molecule has 0 fully saturated rings. The van der Waals surface area contributed by atoms with Crippen LogP contribution < -0.4 is 0 Å². The fourth-order valence-electron chi connectivity index (χ4n) is 1.07. The Morgan fingerprint density at radius 3 is 2.22 bits per heavy atom. The van der Waals surface area contributed by atoms with Gasteiger partial charge in [0.25, 0.3) is 0 Å². The van der Waals surface area contributed by atoms with E-state index in [1.165, 1.54) is 24.3 Å². The van der Waals surface area contributed by atoms with E-state index in [-0.39, 0.29) is 5.71 Å². The largest absolute Gasteiger partial charge is 0.591 e. The summed E-state index contributed by atoms with van der Waals surface area (Å²) < 4.78 is 41.5. The molecule has 0 N–H and O–H groups in total. The maximum atomic E-state index is 13.5. The van der Waals surface area contributed by atoms with E-state index in [4.69, 9.17) is 0 Å². The molecule has 1 rings (SSSR count). The van der Waals surface area contributed by atoms with Crippen molar-refractivity contribution in [1.29, 1.82) is 0 Å². The summed E-state index contributed by atoms with van der Waals surface area (Å²) in [5.74, 6) is -0.417. The van der Waals surface area contributed by atoms with Crippen molar-refractivity contribution in [2.24, 2.45) is 4.40 Å². The van der Waals surface area contributed by atoms with Crippen molar-refractivity contribution in [2.75, 3.05) is 0 Å². The average molecular weight is 338 g/mol. The smallest absolute Gasteiger partial charge is 0.201 e. The van der Waals surface area contributed by atoms with Gasteiger partial charge in [0.2, 0.25) is 5.08 Å². The molecule has 1 aromatic carbocycles. The minimum absolute atomic E-state index is 0.00302. The lowest BCUT2D eigenvalue weighted by Crippen LogP contribution is -2.28. The predicted octanol–water partition coefficient (Wildman–Crippen LogP) is 3.77. The van der Waals surface area contributed by atoms with Gasteiger partial charge in [-0.05, 0) is 61.0 Å². The number of hydrogen-bond donors (Lipinski definition) is 0. The highest BCUT2D eigenvalue weighted by atomic mass is 79.9. The van der Waals surface area contributed by atoms with E-state index in [9.17, 15) is 13.3 Å². The molecule has 0 saturated heterocycles. The Balaban J connectivity index is 3.11. The fourth-order valence-corrected chi connectivity index (χ4v) is 2.22. The van der Waals surface area contributed by atoms with Crippen molar-refractivity contribution in [2.45, 2.75) is 30.6 Å². The molecule has 2 nitrogen and oxygen atoms in total. The van der Waals surface area contributed by atoms with Crippen LogP contribution in [0.25, 0.3) is 0 Å². The van der Waals surface area contributed by atoms with Gasteiger partial charge in [0.05, 0.1) is 0 Å². The molecule has 0 radical (unpaired) electrons. The number of alkyl halides is 2. The summed E-state index contributed by atoms with van der Waals surface area (Å²) in [5.41, 5.74) is 0.404. The van der Waals surface area contributed by atoms with Gasteiger partial charge >= 0.3 is 0 Å². The first-order valence-corrected chi connectivity index (χ1v) is 7.28. The Labute approximate surface area is 117 Å². The van der Waals surface area contributed by atoms with Crippen LogP contribution in [-0.2, 0) is 11.4 Å². The number of halogens is 3. The summed E-state index contributed by atoms with van der Waals surface area (Å²) in [6, 6.07) is 5.23. The lowest BCUT2D eigenvalue weighted by atomic mass is 10.1. The fraction of sp³-hybridized carbons (Fsp3) is 0.417. The lowest BCUT2D eigenvalue weighted by molar-refractivity contribution is 0.545. The van der Waals surface area contributed by atoms with Crippen LogP contribution in [0.2, 0.25) is 0 Å². The molecule has 2 atom stereocenters. The summed E-state index contributed by atoms with van der Waals surface area (Å²) >= 11 is 1.20. The second-order valence-electron chi connectivity index (χ2n) is 4.65. The third kappa shape index (κ3) is 4.33. The van der Waals surface area contributed by atoms with Gasteiger partial charge in [-0.1, -0.05) is 4.40 Å². The van der Waals surface area contributed by atoms with E-state index in [1.807, 2.05) is 0 Å². The molecule has 0 aliphatic carbocycles. The first-order valence-electron chi connectivity index (χ1n) is 5.26. The van der Waals surface area contributed by atoms with Crippen LogP contribution in [0.3, 0.4) is 0 Å². The zero-order valence-corrected chi connectivity index (χ0v) is 12.7. The maximum absolute atomic E-state index is 13.5. The minimum atomic E-state index is -1.57. The number of hydrogen-bond acceptors (Lipinski definition) is 2. The average Bonchev–Trinajstić information content (AvgIpc) is 2.25. The lowest BCUT2D eigenvalue weighted by Gasteiger charge is -2.19. The van der Waals surface area contributed by atoms with Crippen molar-refractivity contribution >= 4 is 33.0 Å². The second-order valence-corrected chi connectivity index (χ2v) is 7.36. The molecule has 6 heteroatoms. The zero-order chi connectivity index (χ0) is 13.9. The predicted molar refractivity (Wildman–Crippen MR) is 74.7 cm³/mol. The topological polar surface area (TPSA) is 35.4 Å². The molecule has 0 bridgehead atoms. The molecule has 0 unspecified atom stereocenters. The summed E-state index contributed by atoms with van der Waals surface area (Å²) in [7, 11) is 0. The van der Waals surface area contributed by atoms with Crippen molar-refractivity contribution in [1.82, 2.24) is 0 Å². The van der Waals surface area contributed by atoms with Crippen LogP contribution >= 0.6 is 15.9 Å². The van der Waals surface area contributed by atoms with Crippen molar-refractivity contribution in [3.63, 3.8) is 0 Å². The summed E-state index contributed by atoms with van der Waals surface area (Å²) in [5, 5.41) is -1.55. The zero-order valence-electron chi connectivity index (χ0n) is 10.3. The summed E-state index contributed by atoms with van der Waals surface area (Å²) in [6.07, 6.45) is 0. The number of nitrogens with zero attached hydrogens (tertiary/aromatic N) is 1. The Hall–Kier alpha value is -0.460. The molecule has 0 saturated carbocycles. The van der Waals surface area contributed by atoms with Crippen molar-refractivity contribution < 1.29 is 13.3 Å². The highest BCUT2D eigenvalue weighted by Crippen LogP contribution is 2.21. The van der Waals surface area contributed by atoms with Crippen molar-refractivity contribution in [3.05, 3.63) is 35.6 Å². The van der Waals surface area contributed by atoms with Gasteiger partial charge in [0.1, 0.15) is 27.6 Å². The van der Waals surface area contributed by atoms with Gasteiger partial charge in [0.15, 0.2) is 0 Å². The molecular weight excluding hydrogens is 324 g/mol. The van der Waals surface area contributed by atoms with Crippen LogP contribution in [0.5, 0.6) is 0 Å². The minimum Gasteiger partial charge on any atom is -0.591 e. The third-order valence-electron chi connectivity index (χ3n) is 2.05. The van der Waals surface area contributed by atoms with Gasteiger partial charge in [-0.3, -0.25) is 0 Å². The van der Waals surface area contributed by atoms with Gasteiger partial charge in [-0.15, -0.1) is 0 Å². The highest BCUT2D eigenvalue weighted by molar-refractivity contribution is 9.09. The Morgan fingerprint density at radius 2 is 1.83 bits per heavy atom. The highest BCUT2D eigenvalue weighted by Gasteiger charge is 2.29. The van der Waals surface area contributed by atoms with Crippen LogP contribution in [0.1, 0.15) is 26.3 Å². The molecule has 0 aliphatic rings. The van der Waals surface area contributed by atoms with Gasteiger partial charge < -0.3 is 4.55 Å². The van der Waals surface area contributed by atoms with E-state index in [0.717, 1.165) is 0 Å². The Bertz CT molecular complexity index is 429. The van der Waals surface area contributed by atoms with Crippen LogP contribution in [0, 0.1) is 5.82 Å². The van der Waals surface area contributed by atoms with E-state index in [1.54, 1.807) is 20.8 Å². The third-order valence-corrected chi connectivity index (χ3v) is 3.90. The molecule has 0 heterocycles. The maximum Gasteiger partial charge on any atom is 0.201 e. The molecule has 18 heavy (non-hydrogen) atoms. The Morgan fingerprint density at radius 1 is 1.33 bits per heavy atom. The normalized spacial score (nSPS) is 16.5. The van der Waals surface area contributed by atoms with E-state index in [2.05, 4.69) is 20.3 Å². The van der Waals surface area contributed by atoms with Crippen molar-refractivity contribution in [3.8, 4) is 0 Å². The second kappa shape index (κ2) is 6.12. The molecule has 0 spiro atoms. The van der Waals surface area contributed by atoms with E-state index < -0.39 is 27.0 Å². The quantitative estimate of drug-likeness (QED) is 0.469. The standard InChI is InChI=1S/C12H14BrF2NOS/c1-12(2,3)18(17)16-10(11(13)15)8-4-6-9(14)7-5-8/h4-7,11H,1-3H3/b16-10+/t11-,18+/m1/s1. The summed E-state index contributed by atoms with van der Waals surface area (Å²) in [4.78, 5) is 0. The van der Waals surface area contributed by atoms with Crippen LogP contribution in [0.15, 0.2) is 28.7 Å². The monoisotopic (exact) mass is 337 g/mol. The molecule has 0 amide bonds. The molecule has 0 aromatic heterocycles. The number of rotatable bonds is 3. The molecule has 1 aromatic rings. The summed E-state index contributed by atoms with van der Waals surface area (Å²) in [6.45, 7) is 5.24. The first-order chi connectivity index (χ1) is 8.21. The van der Waals surface area contributed by atoms with E-state index in [0.29, 0.717) is 5.56 Å². The van der Waals surface area contributed by atoms with Gasteiger partial charge in [-0.2, -0.15) is 0 Å². The van der Waals surface area contributed by atoms with Gasteiger partial charge in [0, 0.05) is 5.56 Å².